The molecule has 5 heteroatoms. The summed E-state index contributed by atoms with van der Waals surface area (Å²) in [5, 5.41) is 0. The molecule has 0 saturated carbocycles. The lowest BCUT2D eigenvalue weighted by Crippen LogP contribution is -2.18. The fourth-order valence-corrected chi connectivity index (χ4v) is 2.30. The molecular weight excluding hydrogens is 323 g/mol. The number of benzene rings is 2. The number of hydrogen-bond acceptors (Lipinski definition) is 3. The van der Waals surface area contributed by atoms with E-state index in [1.165, 1.54) is 6.07 Å². The molecule has 0 fully saturated rings. The van der Waals surface area contributed by atoms with Crippen molar-refractivity contribution < 1.29 is 9.13 Å². The summed E-state index contributed by atoms with van der Waals surface area (Å²) in [6.45, 7) is 0.673. The van der Waals surface area contributed by atoms with Gasteiger partial charge in [-0.3, -0.25) is 0 Å². The first kappa shape index (κ1) is 14.7. The second kappa shape index (κ2) is 6.13. The van der Waals surface area contributed by atoms with Crippen molar-refractivity contribution in [2.75, 3.05) is 24.8 Å². The maximum absolute atomic E-state index is 13.4. The van der Waals surface area contributed by atoms with Crippen molar-refractivity contribution in [3.05, 3.63) is 52.3 Å². The molecule has 3 nitrogen and oxygen atoms in total. The molecule has 0 aromatic heterocycles. The van der Waals surface area contributed by atoms with Crippen molar-refractivity contribution in [2.24, 2.45) is 0 Å². The molecule has 2 aromatic carbocycles. The topological polar surface area (TPSA) is 38.5 Å². The van der Waals surface area contributed by atoms with Crippen LogP contribution in [0, 0.1) is 5.82 Å². The molecule has 0 aliphatic carbocycles. The van der Waals surface area contributed by atoms with Crippen LogP contribution in [0.2, 0.25) is 0 Å². The zero-order valence-electron chi connectivity index (χ0n) is 11.4. The Morgan fingerprint density at radius 1 is 1.25 bits per heavy atom. The predicted octanol–water partition coefficient (Wildman–Crippen LogP) is 3.82. The van der Waals surface area contributed by atoms with E-state index in [0.29, 0.717) is 16.7 Å². The van der Waals surface area contributed by atoms with Crippen LogP contribution in [0.5, 0.6) is 5.75 Å². The zero-order chi connectivity index (χ0) is 14.7. The maximum Gasteiger partial charge on any atom is 0.139 e. The normalized spacial score (nSPS) is 10.4. The number of nitrogens with zero attached hydrogens (tertiary/aromatic N) is 1. The van der Waals surface area contributed by atoms with Gasteiger partial charge in [0.2, 0.25) is 0 Å². The second-order valence-corrected chi connectivity index (χ2v) is 5.38. The molecule has 0 saturated heterocycles. The molecule has 0 radical (unpaired) electrons. The Kier molecular flexibility index (Phi) is 4.49. The molecule has 0 heterocycles. The highest BCUT2D eigenvalue weighted by atomic mass is 79.9. The number of nitrogen functional groups attached to an aromatic ring is 1. The minimum atomic E-state index is -0.357. The van der Waals surface area contributed by atoms with Crippen molar-refractivity contribution in [2.45, 2.75) is 6.54 Å². The third-order valence-corrected chi connectivity index (χ3v) is 3.67. The summed E-state index contributed by atoms with van der Waals surface area (Å²) < 4.78 is 18.9. The minimum Gasteiger partial charge on any atom is -0.497 e. The summed E-state index contributed by atoms with van der Waals surface area (Å²) >= 11 is 3.18. The predicted molar refractivity (Wildman–Crippen MR) is 83.6 cm³/mol. The number of hydrogen-bond donors (Lipinski definition) is 1. The lowest BCUT2D eigenvalue weighted by atomic mass is 10.2. The summed E-state index contributed by atoms with van der Waals surface area (Å²) in [7, 11) is 3.55. The van der Waals surface area contributed by atoms with E-state index >= 15 is 0 Å². The van der Waals surface area contributed by atoms with E-state index in [2.05, 4.69) is 15.9 Å². The SMILES string of the molecule is COc1ccc(CN(C)c2cc(Br)c(F)cc2N)cc1. The van der Waals surface area contributed by atoms with Gasteiger partial charge in [-0.25, -0.2) is 4.39 Å². The van der Waals surface area contributed by atoms with Crippen molar-refractivity contribution in [1.29, 1.82) is 0 Å². The molecule has 0 bridgehead atoms. The summed E-state index contributed by atoms with van der Waals surface area (Å²) in [5.41, 5.74) is 8.19. The number of ether oxygens (including phenoxy) is 1. The molecule has 2 rings (SSSR count). The van der Waals surface area contributed by atoms with Gasteiger partial charge in [-0.15, -0.1) is 0 Å². The van der Waals surface area contributed by atoms with Gasteiger partial charge in [-0.1, -0.05) is 12.1 Å². The number of nitrogens with two attached hydrogens (primary N) is 1. The lowest BCUT2D eigenvalue weighted by Gasteiger charge is -2.22. The van der Waals surface area contributed by atoms with Gasteiger partial charge in [0.15, 0.2) is 0 Å². The van der Waals surface area contributed by atoms with Gasteiger partial charge in [-0.05, 0) is 39.7 Å². The summed E-state index contributed by atoms with van der Waals surface area (Å²) in [6, 6.07) is 10.8. The molecule has 0 spiro atoms. The van der Waals surface area contributed by atoms with Crippen molar-refractivity contribution in [3.63, 3.8) is 0 Å². The van der Waals surface area contributed by atoms with Crippen molar-refractivity contribution in [3.8, 4) is 5.75 Å². The third-order valence-electron chi connectivity index (χ3n) is 3.06. The Morgan fingerprint density at radius 2 is 1.90 bits per heavy atom. The third kappa shape index (κ3) is 3.22. The number of rotatable bonds is 4. The van der Waals surface area contributed by atoms with E-state index in [-0.39, 0.29) is 5.82 Å². The first-order valence-electron chi connectivity index (χ1n) is 6.10. The Bertz CT molecular complexity index is 602. The highest BCUT2D eigenvalue weighted by Crippen LogP contribution is 2.30. The zero-order valence-corrected chi connectivity index (χ0v) is 12.9. The van der Waals surface area contributed by atoms with Crippen LogP contribution in [-0.2, 0) is 6.54 Å². The average Bonchev–Trinajstić information content (AvgIpc) is 2.43. The quantitative estimate of drug-likeness (QED) is 0.861. The molecular formula is C15H16BrFN2O. The summed E-state index contributed by atoms with van der Waals surface area (Å²) in [4.78, 5) is 1.97. The van der Waals surface area contributed by atoms with Gasteiger partial charge in [-0.2, -0.15) is 0 Å². The van der Waals surface area contributed by atoms with Crippen molar-refractivity contribution >= 4 is 27.3 Å². The van der Waals surface area contributed by atoms with E-state index in [9.17, 15) is 4.39 Å². The van der Waals surface area contributed by atoms with Crippen LogP contribution < -0.4 is 15.4 Å². The van der Waals surface area contributed by atoms with E-state index in [0.717, 1.165) is 17.0 Å². The Labute approximate surface area is 126 Å². The average molecular weight is 339 g/mol. The van der Waals surface area contributed by atoms with Gasteiger partial charge in [0, 0.05) is 19.7 Å². The van der Waals surface area contributed by atoms with E-state index < -0.39 is 0 Å². The minimum absolute atomic E-state index is 0.357. The van der Waals surface area contributed by atoms with E-state index in [1.807, 2.05) is 36.2 Å². The smallest absolute Gasteiger partial charge is 0.139 e. The number of methoxy groups -OCH3 is 1. The van der Waals surface area contributed by atoms with Gasteiger partial charge in [0.25, 0.3) is 0 Å². The van der Waals surface area contributed by atoms with Gasteiger partial charge in [0.05, 0.1) is 23.0 Å². The van der Waals surface area contributed by atoms with Gasteiger partial charge < -0.3 is 15.4 Å². The van der Waals surface area contributed by atoms with Gasteiger partial charge >= 0.3 is 0 Å². The molecule has 2 aromatic rings. The fourth-order valence-electron chi connectivity index (χ4n) is 1.97. The highest BCUT2D eigenvalue weighted by Gasteiger charge is 2.10. The molecule has 0 amide bonds. The molecule has 20 heavy (non-hydrogen) atoms. The van der Waals surface area contributed by atoms with Crippen LogP contribution in [0.15, 0.2) is 40.9 Å². The maximum atomic E-state index is 13.4. The van der Waals surface area contributed by atoms with Crippen LogP contribution in [-0.4, -0.2) is 14.2 Å². The molecule has 106 valence electrons. The second-order valence-electron chi connectivity index (χ2n) is 4.53. The van der Waals surface area contributed by atoms with Crippen LogP contribution in [0.25, 0.3) is 0 Å². The molecule has 0 atom stereocenters. The van der Waals surface area contributed by atoms with Gasteiger partial charge in [0.1, 0.15) is 11.6 Å². The number of halogens is 2. The molecule has 2 N–H and O–H groups in total. The highest BCUT2D eigenvalue weighted by molar-refractivity contribution is 9.10. The van der Waals surface area contributed by atoms with Crippen molar-refractivity contribution in [1.82, 2.24) is 0 Å². The largest absolute Gasteiger partial charge is 0.497 e. The lowest BCUT2D eigenvalue weighted by molar-refractivity contribution is 0.414. The van der Waals surface area contributed by atoms with E-state index in [4.69, 9.17) is 10.5 Å². The van der Waals surface area contributed by atoms with Crippen LogP contribution in [0.3, 0.4) is 0 Å². The molecule has 0 aliphatic rings. The Morgan fingerprint density at radius 3 is 2.50 bits per heavy atom. The van der Waals surface area contributed by atoms with Crippen LogP contribution >= 0.6 is 15.9 Å². The number of anilines is 2. The molecule has 0 unspecified atom stereocenters. The van der Waals surface area contributed by atoms with Crippen LogP contribution in [0.4, 0.5) is 15.8 Å². The first-order chi connectivity index (χ1) is 9.51. The van der Waals surface area contributed by atoms with Crippen LogP contribution in [0.1, 0.15) is 5.56 Å². The Hall–Kier alpha value is -1.75. The standard InChI is InChI=1S/C15H16BrFN2O/c1-19(9-10-3-5-11(20-2)6-4-10)15-7-12(16)13(17)8-14(15)18/h3-8H,9,18H2,1-2H3. The monoisotopic (exact) mass is 338 g/mol. The Balaban J connectivity index is 2.18. The first-order valence-corrected chi connectivity index (χ1v) is 6.89. The van der Waals surface area contributed by atoms with E-state index in [1.54, 1.807) is 13.2 Å². The summed E-state index contributed by atoms with van der Waals surface area (Å²) in [5.74, 6) is 0.463. The summed E-state index contributed by atoms with van der Waals surface area (Å²) in [6.07, 6.45) is 0. The fraction of sp³-hybridized carbons (Fsp3) is 0.200. The molecule has 0 aliphatic heterocycles.